The van der Waals surface area contributed by atoms with Gasteiger partial charge in [-0.3, -0.25) is 10.2 Å². The van der Waals surface area contributed by atoms with Gasteiger partial charge in [-0.2, -0.15) is 5.43 Å². The maximum Gasteiger partial charge on any atom is 0.276 e. The van der Waals surface area contributed by atoms with Crippen molar-refractivity contribution in [1.82, 2.24) is 10.9 Å². The minimum absolute atomic E-state index is 0.0503. The van der Waals surface area contributed by atoms with Crippen LogP contribution in [0.25, 0.3) is 0 Å². The summed E-state index contributed by atoms with van der Waals surface area (Å²) in [5.41, 5.74) is 10.2. The molecular weight excluding hydrogens is 324 g/mol. The summed E-state index contributed by atoms with van der Waals surface area (Å²) in [6, 6.07) is 18.5. The van der Waals surface area contributed by atoms with Gasteiger partial charge in [-0.25, -0.2) is 0 Å². The number of nitrogens with two attached hydrogens (primary N) is 1. The van der Waals surface area contributed by atoms with Gasteiger partial charge in [-0.1, -0.05) is 48.5 Å². The number of para-hydroxylation sites is 1. The summed E-state index contributed by atoms with van der Waals surface area (Å²) in [4.78, 5) is 14.5. The van der Waals surface area contributed by atoms with Crippen LogP contribution in [-0.4, -0.2) is 21.9 Å². The number of nitrogens with one attached hydrogen (secondary N) is 2. The van der Waals surface area contributed by atoms with Crippen LogP contribution in [0.2, 0.25) is 0 Å². The summed E-state index contributed by atoms with van der Waals surface area (Å²) < 4.78 is 0. The Morgan fingerprint density at radius 3 is 2.33 bits per heavy atom. The van der Waals surface area contributed by atoms with Crippen LogP contribution in [0, 0.1) is 0 Å². The monoisotopic (exact) mass is 342 g/mol. The van der Waals surface area contributed by atoms with Gasteiger partial charge < -0.3 is 15.7 Å². The first-order valence-corrected chi connectivity index (χ1v) is 7.91. The van der Waals surface area contributed by atoms with Gasteiger partial charge in [0.1, 0.15) is 0 Å². The van der Waals surface area contributed by atoms with Crippen LogP contribution in [0.4, 0.5) is 5.69 Å². The van der Waals surface area contributed by atoms with E-state index in [1.165, 1.54) is 0 Å². The zero-order valence-corrected chi connectivity index (χ0v) is 13.7. The molecule has 1 aliphatic heterocycles. The zero-order valence-electron chi connectivity index (χ0n) is 12.8. The first-order chi connectivity index (χ1) is 11.5. The highest BCUT2D eigenvalue weighted by atomic mass is 32.1. The molecule has 0 spiro atoms. The Morgan fingerprint density at radius 2 is 1.75 bits per heavy atom. The van der Waals surface area contributed by atoms with E-state index in [4.69, 9.17) is 18.0 Å². The largest absolute Gasteiger partial charge is 0.375 e. The van der Waals surface area contributed by atoms with Gasteiger partial charge in [-0.15, -0.1) is 0 Å². The topological polar surface area (TPSA) is 90.6 Å². The number of thiocarbonyl (C=S) groups is 1. The SMILES string of the molecule is NC(=S)NN[C@@]1(O)C[C@H](c2ccccc2)N(c2ccccc2)C1=O. The van der Waals surface area contributed by atoms with E-state index < -0.39 is 11.6 Å². The summed E-state index contributed by atoms with van der Waals surface area (Å²) in [7, 11) is 0. The molecular formula is C17H18N4O2S. The molecule has 1 saturated heterocycles. The molecule has 24 heavy (non-hydrogen) atoms. The Kier molecular flexibility index (Phi) is 4.48. The van der Waals surface area contributed by atoms with Gasteiger partial charge in [0.05, 0.1) is 6.04 Å². The smallest absolute Gasteiger partial charge is 0.276 e. The van der Waals surface area contributed by atoms with E-state index in [2.05, 4.69) is 10.9 Å². The summed E-state index contributed by atoms with van der Waals surface area (Å²) in [5, 5.41) is 10.7. The van der Waals surface area contributed by atoms with E-state index in [0.29, 0.717) is 5.69 Å². The number of hydrazine groups is 1. The average molecular weight is 342 g/mol. The molecule has 1 aliphatic rings. The van der Waals surface area contributed by atoms with Crippen molar-refractivity contribution in [2.45, 2.75) is 18.2 Å². The molecule has 1 heterocycles. The standard InChI is InChI=1S/C17H18N4O2S/c18-16(24)19-20-17(23)11-14(12-7-3-1-4-8-12)21(15(17)22)13-9-5-2-6-10-13/h1-10,14,20,23H,11H2,(H3,18,19,24)/t14-,17-/m1/s1. The summed E-state index contributed by atoms with van der Waals surface area (Å²) in [6.07, 6.45) is 0.153. The van der Waals surface area contributed by atoms with Crippen LogP contribution in [0.3, 0.4) is 0 Å². The van der Waals surface area contributed by atoms with Crippen LogP contribution < -0.4 is 21.5 Å². The maximum atomic E-state index is 12.9. The number of hydrogen-bond donors (Lipinski definition) is 4. The highest BCUT2D eigenvalue weighted by Crippen LogP contribution is 2.40. The van der Waals surface area contributed by atoms with Gasteiger partial charge >= 0.3 is 0 Å². The molecule has 0 radical (unpaired) electrons. The Balaban J connectivity index is 1.99. The fraction of sp³-hybridized carbons (Fsp3) is 0.176. The van der Waals surface area contributed by atoms with Crippen molar-refractivity contribution in [3.8, 4) is 0 Å². The lowest BCUT2D eigenvalue weighted by molar-refractivity contribution is -0.137. The number of hydrogen-bond acceptors (Lipinski definition) is 4. The number of carbonyl (C=O) groups is 1. The van der Waals surface area contributed by atoms with Crippen molar-refractivity contribution in [3.05, 3.63) is 66.2 Å². The minimum atomic E-state index is -1.81. The summed E-state index contributed by atoms with van der Waals surface area (Å²) in [6.45, 7) is 0. The van der Waals surface area contributed by atoms with E-state index in [1.54, 1.807) is 4.90 Å². The van der Waals surface area contributed by atoms with Crippen molar-refractivity contribution in [3.63, 3.8) is 0 Å². The van der Waals surface area contributed by atoms with Crippen molar-refractivity contribution in [2.24, 2.45) is 5.73 Å². The van der Waals surface area contributed by atoms with Crippen LogP contribution in [0.15, 0.2) is 60.7 Å². The van der Waals surface area contributed by atoms with Gasteiger partial charge in [-0.05, 0) is 29.9 Å². The molecule has 124 valence electrons. The van der Waals surface area contributed by atoms with E-state index in [-0.39, 0.29) is 17.6 Å². The van der Waals surface area contributed by atoms with Gasteiger partial charge in [0.15, 0.2) is 5.11 Å². The van der Waals surface area contributed by atoms with Crippen LogP contribution in [0.5, 0.6) is 0 Å². The Labute approximate surface area is 145 Å². The number of carbonyl (C=O) groups excluding carboxylic acids is 1. The van der Waals surface area contributed by atoms with E-state index >= 15 is 0 Å². The lowest BCUT2D eigenvalue weighted by Crippen LogP contribution is -2.59. The van der Waals surface area contributed by atoms with Crippen LogP contribution >= 0.6 is 12.2 Å². The second-order valence-electron chi connectivity index (χ2n) is 5.62. The van der Waals surface area contributed by atoms with E-state index in [0.717, 1.165) is 5.56 Å². The Bertz CT molecular complexity index is 741. The number of amides is 1. The molecule has 1 amide bonds. The third-order valence-electron chi connectivity index (χ3n) is 3.98. The van der Waals surface area contributed by atoms with E-state index in [9.17, 15) is 9.90 Å². The van der Waals surface area contributed by atoms with Crippen LogP contribution in [-0.2, 0) is 4.79 Å². The third-order valence-corrected chi connectivity index (χ3v) is 4.09. The minimum Gasteiger partial charge on any atom is -0.375 e. The van der Waals surface area contributed by atoms with Crippen molar-refractivity contribution in [2.75, 3.05) is 4.90 Å². The molecule has 1 fully saturated rings. The number of nitrogens with zero attached hydrogens (tertiary/aromatic N) is 1. The molecule has 3 rings (SSSR count). The molecule has 2 atom stereocenters. The molecule has 2 aromatic rings. The molecule has 0 aromatic heterocycles. The molecule has 6 nitrogen and oxygen atoms in total. The second-order valence-corrected chi connectivity index (χ2v) is 6.06. The Morgan fingerprint density at radius 1 is 1.17 bits per heavy atom. The van der Waals surface area contributed by atoms with Crippen molar-refractivity contribution >= 4 is 28.9 Å². The zero-order chi connectivity index (χ0) is 17.2. The van der Waals surface area contributed by atoms with Gasteiger partial charge in [0.2, 0.25) is 5.72 Å². The molecule has 7 heteroatoms. The summed E-state index contributed by atoms with van der Waals surface area (Å²) >= 11 is 4.73. The predicted octanol–water partition coefficient (Wildman–Crippen LogP) is 1.19. The highest BCUT2D eigenvalue weighted by Gasteiger charge is 2.52. The molecule has 0 saturated carbocycles. The lowest BCUT2D eigenvalue weighted by Gasteiger charge is -2.25. The highest BCUT2D eigenvalue weighted by molar-refractivity contribution is 7.80. The first-order valence-electron chi connectivity index (χ1n) is 7.50. The number of benzene rings is 2. The second kappa shape index (κ2) is 6.56. The van der Waals surface area contributed by atoms with Crippen LogP contribution in [0.1, 0.15) is 18.0 Å². The fourth-order valence-corrected chi connectivity index (χ4v) is 2.95. The quantitative estimate of drug-likeness (QED) is 0.379. The summed E-state index contributed by atoms with van der Waals surface area (Å²) in [5.74, 6) is -0.466. The number of rotatable bonds is 4. The van der Waals surface area contributed by atoms with Gasteiger partial charge in [0.25, 0.3) is 5.91 Å². The van der Waals surface area contributed by atoms with Crippen molar-refractivity contribution < 1.29 is 9.90 Å². The van der Waals surface area contributed by atoms with Crippen molar-refractivity contribution in [1.29, 1.82) is 0 Å². The number of aliphatic hydroxyl groups is 1. The third kappa shape index (κ3) is 3.09. The maximum absolute atomic E-state index is 12.9. The average Bonchev–Trinajstić information content (AvgIpc) is 2.87. The first kappa shape index (κ1) is 16.4. The normalized spacial score (nSPS) is 23.3. The molecule has 0 bridgehead atoms. The molecule has 2 aromatic carbocycles. The lowest BCUT2D eigenvalue weighted by atomic mass is 10.0. The molecule has 0 aliphatic carbocycles. The number of anilines is 1. The molecule has 5 N–H and O–H groups in total. The van der Waals surface area contributed by atoms with E-state index in [1.807, 2.05) is 60.7 Å². The fourth-order valence-electron chi connectivity index (χ4n) is 2.90. The van der Waals surface area contributed by atoms with Gasteiger partial charge in [0, 0.05) is 12.1 Å². The molecule has 0 unspecified atom stereocenters. The predicted molar refractivity (Wildman–Crippen MR) is 95.7 cm³/mol. The Hall–Kier alpha value is -2.48.